The molecule has 164 valence electrons. The number of ether oxygens (including phenoxy) is 2. The zero-order chi connectivity index (χ0) is 21.7. The van der Waals surface area contributed by atoms with Crippen molar-refractivity contribution in [2.75, 3.05) is 34.4 Å². The van der Waals surface area contributed by atoms with Crippen LogP contribution in [0.1, 0.15) is 49.3 Å². The van der Waals surface area contributed by atoms with Crippen LogP contribution in [0, 0.1) is 5.92 Å². The molecule has 4 heteroatoms. The van der Waals surface area contributed by atoms with Crippen molar-refractivity contribution in [3.8, 4) is 11.5 Å². The summed E-state index contributed by atoms with van der Waals surface area (Å²) in [5, 5.41) is 11.7. The standard InChI is InChI=1S/C26H37NO3/c1-19(2)25-22-9-7-6-8-21(22)12-14-26(25,28)15-17-27(3)16-13-20-10-11-23(29-4)24(18-20)30-5/h6-11,18-19,25,28H,12-17H2,1-5H3/t25-,26-/m0/s1. The van der Waals surface area contributed by atoms with Gasteiger partial charge in [-0.3, -0.25) is 0 Å². The minimum absolute atomic E-state index is 0.196. The van der Waals surface area contributed by atoms with Crippen molar-refractivity contribution < 1.29 is 14.6 Å². The van der Waals surface area contributed by atoms with Crippen LogP contribution in [0.2, 0.25) is 0 Å². The Balaban J connectivity index is 1.60. The largest absolute Gasteiger partial charge is 0.493 e. The molecule has 0 saturated heterocycles. The second kappa shape index (κ2) is 9.84. The molecule has 0 unspecified atom stereocenters. The number of likely N-dealkylation sites (N-methyl/N-ethyl adjacent to an activating group) is 1. The van der Waals surface area contributed by atoms with Gasteiger partial charge in [-0.05, 0) is 67.5 Å². The Morgan fingerprint density at radius 2 is 1.80 bits per heavy atom. The maximum atomic E-state index is 11.7. The maximum absolute atomic E-state index is 11.7. The third-order valence-electron chi connectivity index (χ3n) is 6.62. The summed E-state index contributed by atoms with van der Waals surface area (Å²) in [5.74, 6) is 2.14. The molecule has 0 bridgehead atoms. The zero-order valence-electron chi connectivity index (χ0n) is 19.1. The molecule has 0 radical (unpaired) electrons. The minimum Gasteiger partial charge on any atom is -0.493 e. The molecule has 1 aliphatic carbocycles. The Labute approximate surface area is 181 Å². The van der Waals surface area contributed by atoms with Gasteiger partial charge in [0.25, 0.3) is 0 Å². The van der Waals surface area contributed by atoms with E-state index in [2.05, 4.69) is 56.1 Å². The molecule has 0 amide bonds. The van der Waals surface area contributed by atoms with Crippen LogP contribution in [0.3, 0.4) is 0 Å². The van der Waals surface area contributed by atoms with Gasteiger partial charge < -0.3 is 19.5 Å². The maximum Gasteiger partial charge on any atom is 0.160 e. The van der Waals surface area contributed by atoms with Crippen LogP contribution in [-0.2, 0) is 12.8 Å². The van der Waals surface area contributed by atoms with E-state index in [1.807, 2.05) is 12.1 Å². The number of rotatable bonds is 9. The van der Waals surface area contributed by atoms with Crippen molar-refractivity contribution in [3.05, 3.63) is 59.2 Å². The first kappa shape index (κ1) is 22.6. The summed E-state index contributed by atoms with van der Waals surface area (Å²) in [4.78, 5) is 2.33. The number of nitrogens with zero attached hydrogens (tertiary/aromatic N) is 1. The third kappa shape index (κ3) is 4.98. The number of fused-ring (bicyclic) bond motifs is 1. The van der Waals surface area contributed by atoms with E-state index in [0.29, 0.717) is 5.92 Å². The lowest BCUT2D eigenvalue weighted by Crippen LogP contribution is -2.45. The topological polar surface area (TPSA) is 41.9 Å². The van der Waals surface area contributed by atoms with Gasteiger partial charge in [0, 0.05) is 19.0 Å². The highest BCUT2D eigenvalue weighted by molar-refractivity contribution is 5.43. The fourth-order valence-corrected chi connectivity index (χ4v) is 4.97. The minimum atomic E-state index is -0.639. The van der Waals surface area contributed by atoms with Gasteiger partial charge in [0.05, 0.1) is 19.8 Å². The van der Waals surface area contributed by atoms with E-state index in [1.165, 1.54) is 16.7 Å². The summed E-state index contributed by atoms with van der Waals surface area (Å²) in [6.07, 6.45) is 3.54. The van der Waals surface area contributed by atoms with E-state index in [0.717, 1.165) is 50.3 Å². The number of hydrogen-bond donors (Lipinski definition) is 1. The highest BCUT2D eigenvalue weighted by Gasteiger charge is 2.42. The van der Waals surface area contributed by atoms with Gasteiger partial charge in [-0.25, -0.2) is 0 Å². The third-order valence-corrected chi connectivity index (χ3v) is 6.62. The SMILES string of the molecule is COc1ccc(CCN(C)CC[C@@]2(O)CCc3ccccc3[C@@H]2C(C)C)cc1OC. The van der Waals surface area contributed by atoms with Crippen molar-refractivity contribution >= 4 is 0 Å². The van der Waals surface area contributed by atoms with Crippen LogP contribution >= 0.6 is 0 Å². The predicted octanol–water partition coefficient (Wildman–Crippen LogP) is 4.69. The summed E-state index contributed by atoms with van der Waals surface area (Å²) in [5.41, 5.74) is 3.34. The molecular formula is C26H37NO3. The molecule has 30 heavy (non-hydrogen) atoms. The van der Waals surface area contributed by atoms with Crippen LogP contribution in [0.25, 0.3) is 0 Å². The monoisotopic (exact) mass is 411 g/mol. The number of aliphatic hydroxyl groups is 1. The lowest BCUT2D eigenvalue weighted by atomic mass is 9.66. The molecule has 1 aliphatic rings. The van der Waals surface area contributed by atoms with Crippen molar-refractivity contribution in [3.63, 3.8) is 0 Å². The first-order valence-corrected chi connectivity index (χ1v) is 11.1. The fourth-order valence-electron chi connectivity index (χ4n) is 4.97. The van der Waals surface area contributed by atoms with E-state index in [4.69, 9.17) is 9.47 Å². The van der Waals surface area contributed by atoms with E-state index >= 15 is 0 Å². The zero-order valence-corrected chi connectivity index (χ0v) is 19.1. The van der Waals surface area contributed by atoms with Crippen molar-refractivity contribution in [2.45, 2.75) is 51.0 Å². The average molecular weight is 412 g/mol. The highest BCUT2D eigenvalue weighted by Crippen LogP contribution is 2.45. The predicted molar refractivity (Wildman–Crippen MR) is 123 cm³/mol. The molecule has 0 spiro atoms. The number of hydrogen-bond acceptors (Lipinski definition) is 4. The van der Waals surface area contributed by atoms with Gasteiger partial charge >= 0.3 is 0 Å². The van der Waals surface area contributed by atoms with Gasteiger partial charge in [-0.15, -0.1) is 0 Å². The lowest BCUT2D eigenvalue weighted by molar-refractivity contribution is -0.0299. The second-order valence-electron chi connectivity index (χ2n) is 9.02. The molecule has 1 N–H and O–H groups in total. The Hall–Kier alpha value is -2.04. The van der Waals surface area contributed by atoms with Crippen LogP contribution in [0.4, 0.5) is 0 Å². The molecule has 2 aromatic carbocycles. The summed E-state index contributed by atoms with van der Waals surface area (Å²) >= 11 is 0. The summed E-state index contributed by atoms with van der Waals surface area (Å²) in [7, 11) is 5.47. The molecule has 2 atom stereocenters. The van der Waals surface area contributed by atoms with Crippen molar-refractivity contribution in [1.82, 2.24) is 4.90 Å². The smallest absolute Gasteiger partial charge is 0.160 e. The second-order valence-corrected chi connectivity index (χ2v) is 9.02. The van der Waals surface area contributed by atoms with Crippen LogP contribution in [0.5, 0.6) is 11.5 Å². The molecule has 0 fully saturated rings. The number of aryl methyl sites for hydroxylation is 1. The van der Waals surface area contributed by atoms with E-state index in [9.17, 15) is 5.11 Å². The normalized spacial score (nSPS) is 21.0. The molecule has 0 heterocycles. The molecule has 0 saturated carbocycles. The van der Waals surface area contributed by atoms with Crippen LogP contribution in [0.15, 0.2) is 42.5 Å². The van der Waals surface area contributed by atoms with Gasteiger partial charge in [0.1, 0.15) is 0 Å². The van der Waals surface area contributed by atoms with E-state index in [-0.39, 0.29) is 5.92 Å². The van der Waals surface area contributed by atoms with Gasteiger partial charge in [-0.2, -0.15) is 0 Å². The van der Waals surface area contributed by atoms with Crippen molar-refractivity contribution in [2.24, 2.45) is 5.92 Å². The average Bonchev–Trinajstić information content (AvgIpc) is 2.75. The Bertz CT molecular complexity index is 835. The lowest BCUT2D eigenvalue weighted by Gasteiger charge is -2.44. The summed E-state index contributed by atoms with van der Waals surface area (Å²) in [6, 6.07) is 14.8. The van der Waals surface area contributed by atoms with Gasteiger partial charge in [0.15, 0.2) is 11.5 Å². The molecule has 3 rings (SSSR count). The molecule has 0 aromatic heterocycles. The highest BCUT2D eigenvalue weighted by atomic mass is 16.5. The quantitative estimate of drug-likeness (QED) is 0.650. The molecule has 4 nitrogen and oxygen atoms in total. The Kier molecular flexibility index (Phi) is 7.43. The molecular weight excluding hydrogens is 374 g/mol. The Morgan fingerprint density at radius 3 is 2.50 bits per heavy atom. The molecule has 0 aliphatic heterocycles. The van der Waals surface area contributed by atoms with Gasteiger partial charge in [0.2, 0.25) is 0 Å². The fraction of sp³-hybridized carbons (Fsp3) is 0.538. The van der Waals surface area contributed by atoms with Crippen LogP contribution in [-0.4, -0.2) is 50.0 Å². The first-order chi connectivity index (χ1) is 14.4. The summed E-state index contributed by atoms with van der Waals surface area (Å²) in [6.45, 7) is 6.29. The first-order valence-electron chi connectivity index (χ1n) is 11.1. The number of methoxy groups -OCH3 is 2. The van der Waals surface area contributed by atoms with Crippen molar-refractivity contribution in [1.29, 1.82) is 0 Å². The number of benzene rings is 2. The molecule has 2 aromatic rings. The van der Waals surface area contributed by atoms with Crippen LogP contribution < -0.4 is 9.47 Å². The Morgan fingerprint density at radius 1 is 1.07 bits per heavy atom. The summed E-state index contributed by atoms with van der Waals surface area (Å²) < 4.78 is 10.7. The van der Waals surface area contributed by atoms with E-state index < -0.39 is 5.60 Å². The van der Waals surface area contributed by atoms with Gasteiger partial charge in [-0.1, -0.05) is 44.2 Å². The van der Waals surface area contributed by atoms with E-state index in [1.54, 1.807) is 14.2 Å².